The van der Waals surface area contributed by atoms with Crippen molar-refractivity contribution in [3.63, 3.8) is 0 Å². The van der Waals surface area contributed by atoms with E-state index in [0.717, 1.165) is 31.5 Å². The monoisotopic (exact) mass is 286 g/mol. The molecule has 1 aliphatic rings. The van der Waals surface area contributed by atoms with Gasteiger partial charge in [0.25, 0.3) is 5.91 Å². The van der Waals surface area contributed by atoms with Crippen molar-refractivity contribution in [2.75, 3.05) is 33.8 Å². The predicted molar refractivity (Wildman–Crippen MR) is 83.0 cm³/mol. The van der Waals surface area contributed by atoms with Gasteiger partial charge in [0.15, 0.2) is 0 Å². The van der Waals surface area contributed by atoms with Gasteiger partial charge in [-0.1, -0.05) is 11.8 Å². The maximum atomic E-state index is 12.5. The van der Waals surface area contributed by atoms with E-state index in [2.05, 4.69) is 23.8 Å². The Hall–Kier alpha value is -1.83. The molecule has 2 rings (SSSR count). The molecule has 0 aromatic heterocycles. The molecule has 0 aliphatic carbocycles. The molecule has 4 nitrogen and oxygen atoms in total. The van der Waals surface area contributed by atoms with E-state index in [4.69, 9.17) is 5.11 Å². The Morgan fingerprint density at radius 2 is 1.95 bits per heavy atom. The summed E-state index contributed by atoms with van der Waals surface area (Å²) < 4.78 is 0. The first kappa shape index (κ1) is 15.6. The van der Waals surface area contributed by atoms with Crippen molar-refractivity contribution in [2.24, 2.45) is 0 Å². The van der Waals surface area contributed by atoms with Gasteiger partial charge in [0, 0.05) is 24.2 Å². The summed E-state index contributed by atoms with van der Waals surface area (Å²) in [5.41, 5.74) is 1.49. The Balaban J connectivity index is 2.02. The molecule has 0 bridgehead atoms. The minimum absolute atomic E-state index is 0.0613. The highest BCUT2D eigenvalue weighted by Crippen LogP contribution is 2.17. The topological polar surface area (TPSA) is 43.8 Å². The van der Waals surface area contributed by atoms with E-state index in [1.807, 2.05) is 24.1 Å². The minimum Gasteiger partial charge on any atom is -0.384 e. The number of aliphatic hydroxyl groups is 1. The van der Waals surface area contributed by atoms with E-state index in [0.29, 0.717) is 11.6 Å². The second kappa shape index (κ2) is 7.26. The maximum absolute atomic E-state index is 12.5. The van der Waals surface area contributed by atoms with Crippen molar-refractivity contribution in [1.29, 1.82) is 0 Å². The van der Waals surface area contributed by atoms with Crippen LogP contribution in [-0.4, -0.2) is 60.6 Å². The molecule has 0 spiro atoms. The third-order valence-corrected chi connectivity index (χ3v) is 4.00. The van der Waals surface area contributed by atoms with Crippen LogP contribution in [0.3, 0.4) is 0 Å². The van der Waals surface area contributed by atoms with Gasteiger partial charge >= 0.3 is 0 Å². The Labute approximate surface area is 126 Å². The van der Waals surface area contributed by atoms with Crippen molar-refractivity contribution < 1.29 is 9.90 Å². The SMILES string of the molecule is CN1CCC(N(C)C(=O)c2ccc(C#CCO)cc2)CC1. The van der Waals surface area contributed by atoms with Gasteiger partial charge in [-0.25, -0.2) is 0 Å². The highest BCUT2D eigenvalue weighted by atomic mass is 16.2. The summed E-state index contributed by atoms with van der Waals surface area (Å²) in [6.45, 7) is 1.93. The molecule has 1 heterocycles. The lowest BCUT2D eigenvalue weighted by Gasteiger charge is -2.35. The van der Waals surface area contributed by atoms with Crippen molar-refractivity contribution in [3.05, 3.63) is 35.4 Å². The molecule has 1 saturated heterocycles. The highest BCUT2D eigenvalue weighted by molar-refractivity contribution is 5.94. The first-order valence-corrected chi connectivity index (χ1v) is 7.27. The van der Waals surface area contributed by atoms with Crippen LogP contribution in [-0.2, 0) is 0 Å². The van der Waals surface area contributed by atoms with E-state index in [1.165, 1.54) is 0 Å². The molecule has 21 heavy (non-hydrogen) atoms. The molecule has 1 aromatic carbocycles. The minimum atomic E-state index is -0.153. The van der Waals surface area contributed by atoms with Crippen molar-refractivity contribution in [2.45, 2.75) is 18.9 Å². The number of aliphatic hydroxyl groups excluding tert-OH is 1. The molecule has 4 heteroatoms. The Morgan fingerprint density at radius 3 is 2.52 bits per heavy atom. The van der Waals surface area contributed by atoms with Gasteiger partial charge in [-0.2, -0.15) is 0 Å². The number of hydrogen-bond donors (Lipinski definition) is 1. The van der Waals surface area contributed by atoms with E-state index in [-0.39, 0.29) is 12.5 Å². The molecule has 1 aromatic rings. The van der Waals surface area contributed by atoms with E-state index in [1.54, 1.807) is 12.1 Å². The van der Waals surface area contributed by atoms with Gasteiger partial charge in [-0.15, -0.1) is 0 Å². The number of benzene rings is 1. The number of carbonyl (C=O) groups is 1. The van der Waals surface area contributed by atoms with E-state index >= 15 is 0 Å². The second-order valence-electron chi connectivity index (χ2n) is 5.49. The van der Waals surface area contributed by atoms with Gasteiger partial charge in [0.2, 0.25) is 0 Å². The summed E-state index contributed by atoms with van der Waals surface area (Å²) in [5.74, 6) is 5.49. The number of amides is 1. The lowest BCUT2D eigenvalue weighted by atomic mass is 10.0. The number of carbonyl (C=O) groups excluding carboxylic acids is 1. The van der Waals surface area contributed by atoms with E-state index in [9.17, 15) is 4.79 Å². The van der Waals surface area contributed by atoms with Crippen molar-refractivity contribution >= 4 is 5.91 Å². The summed E-state index contributed by atoms with van der Waals surface area (Å²) in [6, 6.07) is 7.56. The lowest BCUT2D eigenvalue weighted by molar-refractivity contribution is 0.0659. The van der Waals surface area contributed by atoms with Crippen LogP contribution in [0.4, 0.5) is 0 Å². The average Bonchev–Trinajstić information content (AvgIpc) is 2.53. The zero-order valence-electron chi connectivity index (χ0n) is 12.7. The summed E-state index contributed by atoms with van der Waals surface area (Å²) in [5, 5.41) is 8.67. The molecule has 112 valence electrons. The Bertz CT molecular complexity index is 534. The zero-order valence-corrected chi connectivity index (χ0v) is 12.7. The van der Waals surface area contributed by atoms with Crippen LogP contribution in [0.15, 0.2) is 24.3 Å². The molecule has 0 atom stereocenters. The first-order chi connectivity index (χ1) is 10.1. The number of nitrogens with zero attached hydrogens (tertiary/aromatic N) is 2. The van der Waals surface area contributed by atoms with Crippen LogP contribution < -0.4 is 0 Å². The largest absolute Gasteiger partial charge is 0.384 e. The van der Waals surface area contributed by atoms with Gasteiger partial charge in [-0.05, 0) is 57.2 Å². The summed E-state index contributed by atoms with van der Waals surface area (Å²) in [6.07, 6.45) is 2.05. The van der Waals surface area contributed by atoms with Crippen molar-refractivity contribution in [1.82, 2.24) is 9.80 Å². The quantitative estimate of drug-likeness (QED) is 0.831. The third-order valence-electron chi connectivity index (χ3n) is 4.00. The first-order valence-electron chi connectivity index (χ1n) is 7.27. The fraction of sp³-hybridized carbons (Fsp3) is 0.471. The average molecular weight is 286 g/mol. The van der Waals surface area contributed by atoms with Crippen molar-refractivity contribution in [3.8, 4) is 11.8 Å². The fourth-order valence-electron chi connectivity index (χ4n) is 2.59. The number of piperidine rings is 1. The molecule has 0 saturated carbocycles. The van der Waals surface area contributed by atoms with Crippen LogP contribution >= 0.6 is 0 Å². The molecule has 0 radical (unpaired) electrons. The number of likely N-dealkylation sites (tertiary alicyclic amines) is 1. The maximum Gasteiger partial charge on any atom is 0.253 e. The number of hydrogen-bond acceptors (Lipinski definition) is 3. The highest BCUT2D eigenvalue weighted by Gasteiger charge is 2.24. The van der Waals surface area contributed by atoms with Gasteiger partial charge < -0.3 is 14.9 Å². The van der Waals surface area contributed by atoms with Crippen LogP contribution in [0.5, 0.6) is 0 Å². The van der Waals surface area contributed by atoms with Crippen LogP contribution in [0.1, 0.15) is 28.8 Å². The third kappa shape index (κ3) is 4.07. The Morgan fingerprint density at radius 1 is 1.33 bits per heavy atom. The standard InChI is InChI=1S/C17H22N2O2/c1-18-11-9-16(10-12-18)19(2)17(21)15-7-5-14(6-8-15)4-3-13-20/h5-8,16,20H,9-13H2,1-2H3. The summed E-state index contributed by atoms with van der Waals surface area (Å²) >= 11 is 0. The van der Waals surface area contributed by atoms with Crippen LogP contribution in [0.25, 0.3) is 0 Å². The molecule has 1 N–H and O–H groups in total. The molecular weight excluding hydrogens is 264 g/mol. The molecule has 0 unspecified atom stereocenters. The van der Waals surface area contributed by atoms with Gasteiger partial charge in [0.1, 0.15) is 6.61 Å². The second-order valence-corrected chi connectivity index (χ2v) is 5.49. The van der Waals surface area contributed by atoms with E-state index < -0.39 is 0 Å². The Kier molecular flexibility index (Phi) is 5.38. The molecule has 1 amide bonds. The van der Waals surface area contributed by atoms with Gasteiger partial charge in [0.05, 0.1) is 0 Å². The zero-order chi connectivity index (χ0) is 15.2. The van der Waals surface area contributed by atoms with Crippen LogP contribution in [0.2, 0.25) is 0 Å². The molecule has 1 aliphatic heterocycles. The lowest BCUT2D eigenvalue weighted by Crippen LogP contribution is -2.44. The smallest absolute Gasteiger partial charge is 0.253 e. The normalized spacial score (nSPS) is 16.1. The molecule has 1 fully saturated rings. The fourth-order valence-corrected chi connectivity index (χ4v) is 2.59. The molecular formula is C17H22N2O2. The predicted octanol–water partition coefficient (Wildman–Crippen LogP) is 1.20. The summed E-state index contributed by atoms with van der Waals surface area (Å²) in [7, 11) is 4.00. The van der Waals surface area contributed by atoms with Crippen LogP contribution in [0, 0.1) is 11.8 Å². The van der Waals surface area contributed by atoms with Gasteiger partial charge in [-0.3, -0.25) is 4.79 Å². The summed E-state index contributed by atoms with van der Waals surface area (Å²) in [4.78, 5) is 16.6. The number of rotatable bonds is 2.